The lowest BCUT2D eigenvalue weighted by Gasteiger charge is -2.04. The number of benzene rings is 2. The minimum Gasteiger partial charge on any atom is -0.467 e. The molecule has 7 nitrogen and oxygen atoms in total. The van der Waals surface area contributed by atoms with E-state index in [0.29, 0.717) is 46.0 Å². The third-order valence-electron chi connectivity index (χ3n) is 4.21. The lowest BCUT2D eigenvalue weighted by molar-refractivity contribution is 0.0948. The van der Waals surface area contributed by atoms with E-state index in [2.05, 4.69) is 15.3 Å². The van der Waals surface area contributed by atoms with Gasteiger partial charge in [-0.2, -0.15) is 0 Å². The topological polar surface area (TPSA) is 121 Å². The van der Waals surface area contributed by atoms with Gasteiger partial charge >= 0.3 is 0 Å². The number of fused-ring (bicyclic) bond motifs is 1. The van der Waals surface area contributed by atoms with Crippen LogP contribution in [0, 0.1) is 5.41 Å². The number of nitrogens with one attached hydrogen (secondary N) is 3. The largest absolute Gasteiger partial charge is 0.467 e. The number of aromatic amines is 1. The Morgan fingerprint density at radius 3 is 2.81 bits per heavy atom. The maximum Gasteiger partial charge on any atom is 0.251 e. The van der Waals surface area contributed by atoms with Gasteiger partial charge in [0.15, 0.2) is 5.82 Å². The highest BCUT2D eigenvalue weighted by molar-refractivity contribution is 6.12. The predicted octanol–water partition coefficient (Wildman–Crippen LogP) is 3.08. The number of furan rings is 1. The van der Waals surface area contributed by atoms with E-state index in [1.165, 1.54) is 0 Å². The van der Waals surface area contributed by atoms with E-state index in [1.807, 2.05) is 12.1 Å². The average Bonchev–Trinajstić information content (AvgIpc) is 3.34. The summed E-state index contributed by atoms with van der Waals surface area (Å²) < 4.78 is 5.21. The molecule has 0 spiro atoms. The molecule has 0 saturated carbocycles. The fourth-order valence-corrected chi connectivity index (χ4v) is 2.80. The van der Waals surface area contributed by atoms with E-state index in [0.717, 1.165) is 0 Å². The van der Waals surface area contributed by atoms with Gasteiger partial charge in [-0.15, -0.1) is 0 Å². The molecule has 0 fully saturated rings. The monoisotopic (exact) mass is 359 g/mol. The van der Waals surface area contributed by atoms with Gasteiger partial charge in [0, 0.05) is 16.8 Å². The average molecular weight is 359 g/mol. The van der Waals surface area contributed by atoms with Crippen LogP contribution in [0.1, 0.15) is 27.5 Å². The van der Waals surface area contributed by atoms with Crippen LogP contribution in [0.25, 0.3) is 11.0 Å². The Morgan fingerprint density at radius 2 is 2.04 bits per heavy atom. The van der Waals surface area contributed by atoms with Gasteiger partial charge in [0.25, 0.3) is 5.91 Å². The van der Waals surface area contributed by atoms with Crippen LogP contribution in [0.4, 0.5) is 5.69 Å². The lowest BCUT2D eigenvalue weighted by atomic mass is 10.1. The molecule has 0 aliphatic rings. The van der Waals surface area contributed by atoms with E-state index < -0.39 is 0 Å². The van der Waals surface area contributed by atoms with Crippen LogP contribution < -0.4 is 11.1 Å². The van der Waals surface area contributed by atoms with Gasteiger partial charge in [0.1, 0.15) is 11.5 Å². The molecule has 5 N–H and O–H groups in total. The molecule has 0 aliphatic heterocycles. The number of hydrogen-bond donors (Lipinski definition) is 4. The molecule has 2 heterocycles. The summed E-state index contributed by atoms with van der Waals surface area (Å²) in [5.41, 5.74) is 9.11. The highest BCUT2D eigenvalue weighted by Crippen LogP contribution is 2.19. The standard InChI is InChI=1S/C20H17N5O2/c21-15-6-2-1-5-14(15)18(22)19-24-16-8-7-12(10-17(16)25-19)20(26)23-11-13-4-3-9-27-13/h1-10,22H,11,21H2,(H,23,26)(H,24,25). The number of nitrogen functional groups attached to an aromatic ring is 1. The van der Waals surface area contributed by atoms with Gasteiger partial charge in [-0.3, -0.25) is 10.2 Å². The van der Waals surface area contributed by atoms with Crippen LogP contribution in [-0.2, 0) is 6.54 Å². The van der Waals surface area contributed by atoms with Crippen molar-refractivity contribution in [2.45, 2.75) is 6.54 Å². The number of imidazole rings is 1. The number of carbonyl (C=O) groups is 1. The summed E-state index contributed by atoms with van der Waals surface area (Å²) in [5, 5.41) is 11.2. The normalized spacial score (nSPS) is 10.8. The molecule has 2 aromatic heterocycles. The molecule has 0 atom stereocenters. The number of aromatic nitrogens is 2. The zero-order valence-electron chi connectivity index (χ0n) is 14.3. The van der Waals surface area contributed by atoms with E-state index >= 15 is 0 Å². The second-order valence-corrected chi connectivity index (χ2v) is 6.04. The summed E-state index contributed by atoms with van der Waals surface area (Å²) in [6.07, 6.45) is 1.56. The second-order valence-electron chi connectivity index (χ2n) is 6.04. The van der Waals surface area contributed by atoms with E-state index in [4.69, 9.17) is 15.6 Å². The number of H-pyrrole nitrogens is 1. The first-order chi connectivity index (χ1) is 13.1. The fourth-order valence-electron chi connectivity index (χ4n) is 2.80. The number of carbonyl (C=O) groups excluding carboxylic acids is 1. The van der Waals surface area contributed by atoms with Gasteiger partial charge in [-0.05, 0) is 36.4 Å². The molecule has 27 heavy (non-hydrogen) atoms. The Kier molecular flexibility index (Phi) is 4.18. The third kappa shape index (κ3) is 3.30. The molecule has 2 aromatic carbocycles. The Bertz CT molecular complexity index is 1130. The van der Waals surface area contributed by atoms with Gasteiger partial charge in [0.2, 0.25) is 0 Å². The quantitative estimate of drug-likeness (QED) is 0.323. The third-order valence-corrected chi connectivity index (χ3v) is 4.21. The van der Waals surface area contributed by atoms with Gasteiger partial charge in [-0.1, -0.05) is 18.2 Å². The van der Waals surface area contributed by atoms with Crippen molar-refractivity contribution in [2.24, 2.45) is 0 Å². The van der Waals surface area contributed by atoms with Gasteiger partial charge < -0.3 is 20.5 Å². The number of hydrogen-bond acceptors (Lipinski definition) is 5. The zero-order chi connectivity index (χ0) is 18.8. The Balaban J connectivity index is 1.57. The van der Waals surface area contributed by atoms with Crippen molar-refractivity contribution < 1.29 is 9.21 Å². The molecule has 4 rings (SSSR count). The number of rotatable bonds is 5. The van der Waals surface area contributed by atoms with Gasteiger partial charge in [-0.25, -0.2) is 4.98 Å². The minimum atomic E-state index is -0.216. The number of nitrogens with two attached hydrogens (primary N) is 1. The number of para-hydroxylation sites is 1. The molecule has 0 radical (unpaired) electrons. The summed E-state index contributed by atoms with van der Waals surface area (Å²) in [7, 11) is 0. The summed E-state index contributed by atoms with van der Waals surface area (Å²) in [5.74, 6) is 0.866. The van der Waals surface area contributed by atoms with Crippen molar-refractivity contribution >= 4 is 28.3 Å². The first-order valence-corrected chi connectivity index (χ1v) is 8.36. The zero-order valence-corrected chi connectivity index (χ0v) is 14.3. The maximum absolute atomic E-state index is 12.3. The summed E-state index contributed by atoms with van der Waals surface area (Å²) in [6, 6.07) is 15.9. The SMILES string of the molecule is N=C(c1nc2ccc(C(=O)NCc3ccco3)cc2[nH]1)c1ccccc1N. The fraction of sp³-hybridized carbons (Fsp3) is 0.0500. The summed E-state index contributed by atoms with van der Waals surface area (Å²) >= 11 is 0. The van der Waals surface area contributed by atoms with Crippen LogP contribution in [0.5, 0.6) is 0 Å². The maximum atomic E-state index is 12.3. The number of nitrogens with zero attached hydrogens (tertiary/aromatic N) is 1. The van der Waals surface area contributed by atoms with E-state index in [1.54, 1.807) is 48.7 Å². The van der Waals surface area contributed by atoms with Crippen LogP contribution in [-0.4, -0.2) is 21.6 Å². The smallest absolute Gasteiger partial charge is 0.251 e. The molecule has 0 bridgehead atoms. The highest BCUT2D eigenvalue weighted by atomic mass is 16.3. The minimum absolute atomic E-state index is 0.202. The molecule has 0 unspecified atom stereocenters. The van der Waals surface area contributed by atoms with E-state index in [-0.39, 0.29) is 11.6 Å². The Labute approximate surface area is 154 Å². The van der Waals surface area contributed by atoms with Crippen LogP contribution >= 0.6 is 0 Å². The van der Waals surface area contributed by atoms with Crippen molar-refractivity contribution in [3.05, 3.63) is 83.6 Å². The van der Waals surface area contributed by atoms with Crippen molar-refractivity contribution in [3.8, 4) is 0 Å². The lowest BCUT2D eigenvalue weighted by Crippen LogP contribution is -2.22. The Hall–Kier alpha value is -3.87. The van der Waals surface area contributed by atoms with Gasteiger partial charge in [0.05, 0.1) is 23.8 Å². The number of amides is 1. The first-order valence-electron chi connectivity index (χ1n) is 8.36. The summed E-state index contributed by atoms with van der Waals surface area (Å²) in [4.78, 5) is 19.9. The molecule has 1 amide bonds. The van der Waals surface area contributed by atoms with Crippen LogP contribution in [0.15, 0.2) is 65.3 Å². The van der Waals surface area contributed by atoms with Crippen molar-refractivity contribution in [1.82, 2.24) is 15.3 Å². The predicted molar refractivity (Wildman–Crippen MR) is 103 cm³/mol. The molecule has 7 heteroatoms. The molecule has 4 aromatic rings. The Morgan fingerprint density at radius 1 is 1.19 bits per heavy atom. The van der Waals surface area contributed by atoms with Crippen molar-refractivity contribution in [3.63, 3.8) is 0 Å². The van der Waals surface area contributed by atoms with Crippen molar-refractivity contribution in [2.75, 3.05) is 5.73 Å². The van der Waals surface area contributed by atoms with Crippen LogP contribution in [0.3, 0.4) is 0 Å². The first kappa shape index (κ1) is 16.6. The molecule has 0 aliphatic carbocycles. The summed E-state index contributed by atoms with van der Waals surface area (Å²) in [6.45, 7) is 0.316. The molecular formula is C20H17N5O2. The highest BCUT2D eigenvalue weighted by Gasteiger charge is 2.14. The molecule has 0 saturated heterocycles. The van der Waals surface area contributed by atoms with Crippen molar-refractivity contribution in [1.29, 1.82) is 5.41 Å². The number of anilines is 1. The second kappa shape index (κ2) is 6.80. The molecular weight excluding hydrogens is 342 g/mol. The van der Waals surface area contributed by atoms with Crippen LogP contribution in [0.2, 0.25) is 0 Å². The van der Waals surface area contributed by atoms with E-state index in [9.17, 15) is 4.79 Å². The molecule has 134 valence electrons.